The fourth-order valence-corrected chi connectivity index (χ4v) is 2.38. The lowest BCUT2D eigenvalue weighted by Crippen LogP contribution is -2.46. The summed E-state index contributed by atoms with van der Waals surface area (Å²) in [7, 11) is 1.76. The lowest BCUT2D eigenvalue weighted by molar-refractivity contribution is 0.0180. The van der Waals surface area contributed by atoms with Gasteiger partial charge in [-0.2, -0.15) is 0 Å². The highest BCUT2D eigenvalue weighted by atomic mass is 35.5. The Morgan fingerprint density at radius 1 is 1.28 bits per heavy atom. The number of methoxy groups -OCH3 is 1. The van der Waals surface area contributed by atoms with E-state index in [9.17, 15) is 0 Å². The Labute approximate surface area is 115 Å². The summed E-state index contributed by atoms with van der Waals surface area (Å²) in [5, 5.41) is 4.38. The highest BCUT2D eigenvalue weighted by Gasteiger charge is 2.31. The zero-order chi connectivity index (χ0) is 13.2. The van der Waals surface area contributed by atoms with Crippen molar-refractivity contribution in [1.82, 2.24) is 5.32 Å². The molecule has 0 amide bonds. The molecule has 0 heterocycles. The van der Waals surface area contributed by atoms with Crippen LogP contribution in [-0.2, 0) is 4.74 Å². The first kappa shape index (κ1) is 13.9. The number of hydrogen-bond acceptors (Lipinski definition) is 2. The number of benzene rings is 1. The van der Waals surface area contributed by atoms with Crippen LogP contribution in [-0.4, -0.2) is 25.3 Å². The third kappa shape index (κ3) is 3.47. The van der Waals surface area contributed by atoms with E-state index in [1.807, 2.05) is 12.1 Å². The molecule has 0 aromatic heterocycles. The standard InChI is InChI=1S/C15H22ClNO/c1-15(2,18-3)10-17-14-8-12(9-14)11-4-6-13(16)7-5-11/h4-7,12,14,17H,8-10H2,1-3H3. The van der Waals surface area contributed by atoms with Crippen LogP contribution in [0.15, 0.2) is 24.3 Å². The van der Waals surface area contributed by atoms with Gasteiger partial charge in [0.1, 0.15) is 0 Å². The summed E-state index contributed by atoms with van der Waals surface area (Å²) < 4.78 is 5.40. The summed E-state index contributed by atoms with van der Waals surface area (Å²) in [4.78, 5) is 0. The highest BCUT2D eigenvalue weighted by Crippen LogP contribution is 2.37. The average Bonchev–Trinajstić information content (AvgIpc) is 2.29. The van der Waals surface area contributed by atoms with Crippen LogP contribution >= 0.6 is 11.6 Å². The van der Waals surface area contributed by atoms with Crippen molar-refractivity contribution >= 4 is 11.6 Å². The van der Waals surface area contributed by atoms with E-state index in [0.717, 1.165) is 11.6 Å². The Morgan fingerprint density at radius 2 is 1.89 bits per heavy atom. The summed E-state index contributed by atoms with van der Waals surface area (Å²) in [6.45, 7) is 5.12. The van der Waals surface area contributed by atoms with Crippen LogP contribution in [0.5, 0.6) is 0 Å². The molecule has 0 saturated heterocycles. The molecule has 18 heavy (non-hydrogen) atoms. The number of nitrogens with one attached hydrogen (secondary N) is 1. The molecule has 2 rings (SSSR count). The second-order valence-corrected chi connectivity index (χ2v) is 6.20. The smallest absolute Gasteiger partial charge is 0.0746 e. The lowest BCUT2D eigenvalue weighted by atomic mass is 9.76. The van der Waals surface area contributed by atoms with Crippen LogP contribution in [0.4, 0.5) is 0 Å². The van der Waals surface area contributed by atoms with E-state index in [-0.39, 0.29) is 5.60 Å². The Balaban J connectivity index is 1.75. The number of ether oxygens (including phenoxy) is 1. The molecule has 0 unspecified atom stereocenters. The first-order valence-electron chi connectivity index (χ1n) is 6.54. The maximum atomic E-state index is 5.90. The summed E-state index contributed by atoms with van der Waals surface area (Å²) in [6.07, 6.45) is 2.42. The van der Waals surface area contributed by atoms with Gasteiger partial charge >= 0.3 is 0 Å². The molecular formula is C15H22ClNO. The van der Waals surface area contributed by atoms with Crippen molar-refractivity contribution in [3.8, 4) is 0 Å². The molecule has 3 heteroatoms. The predicted molar refractivity (Wildman–Crippen MR) is 76.3 cm³/mol. The zero-order valence-corrected chi connectivity index (χ0v) is 12.1. The van der Waals surface area contributed by atoms with Crippen molar-refractivity contribution in [3.63, 3.8) is 0 Å². The van der Waals surface area contributed by atoms with Gasteiger partial charge in [0, 0.05) is 24.7 Å². The van der Waals surface area contributed by atoms with Crippen LogP contribution in [0.25, 0.3) is 0 Å². The number of hydrogen-bond donors (Lipinski definition) is 1. The second kappa shape index (κ2) is 5.60. The normalized spacial score (nSPS) is 23.8. The minimum Gasteiger partial charge on any atom is -0.377 e. The van der Waals surface area contributed by atoms with E-state index in [0.29, 0.717) is 12.0 Å². The van der Waals surface area contributed by atoms with Crippen LogP contribution in [0.3, 0.4) is 0 Å². The largest absolute Gasteiger partial charge is 0.377 e. The van der Waals surface area contributed by atoms with Crippen molar-refractivity contribution in [1.29, 1.82) is 0 Å². The van der Waals surface area contributed by atoms with Gasteiger partial charge in [-0.25, -0.2) is 0 Å². The van der Waals surface area contributed by atoms with Crippen molar-refractivity contribution in [2.24, 2.45) is 0 Å². The summed E-state index contributed by atoms with van der Waals surface area (Å²) >= 11 is 5.90. The summed E-state index contributed by atoms with van der Waals surface area (Å²) in [6, 6.07) is 8.86. The molecule has 0 spiro atoms. The molecule has 1 N–H and O–H groups in total. The van der Waals surface area contributed by atoms with E-state index in [1.165, 1.54) is 18.4 Å². The van der Waals surface area contributed by atoms with Crippen molar-refractivity contribution < 1.29 is 4.74 Å². The molecule has 2 nitrogen and oxygen atoms in total. The van der Waals surface area contributed by atoms with E-state index >= 15 is 0 Å². The van der Waals surface area contributed by atoms with Gasteiger partial charge in [0.05, 0.1) is 5.60 Å². The SMILES string of the molecule is COC(C)(C)CNC1CC(c2ccc(Cl)cc2)C1. The third-order valence-electron chi connectivity index (χ3n) is 3.85. The van der Waals surface area contributed by atoms with E-state index in [2.05, 4.69) is 31.3 Å². The maximum absolute atomic E-state index is 5.90. The average molecular weight is 268 g/mol. The maximum Gasteiger partial charge on any atom is 0.0746 e. The van der Waals surface area contributed by atoms with Crippen LogP contribution in [0.2, 0.25) is 5.02 Å². The quantitative estimate of drug-likeness (QED) is 0.880. The zero-order valence-electron chi connectivity index (χ0n) is 11.4. The van der Waals surface area contributed by atoms with Gasteiger partial charge in [0.2, 0.25) is 0 Å². The minimum absolute atomic E-state index is 0.0780. The lowest BCUT2D eigenvalue weighted by Gasteiger charge is -2.38. The second-order valence-electron chi connectivity index (χ2n) is 5.76. The van der Waals surface area contributed by atoms with Gasteiger partial charge in [-0.1, -0.05) is 23.7 Å². The molecule has 0 bridgehead atoms. The topological polar surface area (TPSA) is 21.3 Å². The van der Waals surface area contributed by atoms with Gasteiger partial charge < -0.3 is 10.1 Å². The first-order valence-corrected chi connectivity index (χ1v) is 6.92. The molecule has 1 aliphatic carbocycles. The van der Waals surface area contributed by atoms with Crippen molar-refractivity contribution in [3.05, 3.63) is 34.9 Å². The fourth-order valence-electron chi connectivity index (χ4n) is 2.25. The van der Waals surface area contributed by atoms with E-state index in [4.69, 9.17) is 16.3 Å². The predicted octanol–water partition coefficient (Wildman–Crippen LogP) is 3.60. The van der Waals surface area contributed by atoms with Gasteiger partial charge in [-0.3, -0.25) is 0 Å². The van der Waals surface area contributed by atoms with Crippen molar-refractivity contribution in [2.45, 2.75) is 44.2 Å². The number of halogens is 1. The minimum atomic E-state index is -0.0780. The summed E-state index contributed by atoms with van der Waals surface area (Å²) in [5.41, 5.74) is 1.33. The molecular weight excluding hydrogens is 246 g/mol. The number of rotatable bonds is 5. The third-order valence-corrected chi connectivity index (χ3v) is 4.10. The van der Waals surface area contributed by atoms with Crippen molar-refractivity contribution in [2.75, 3.05) is 13.7 Å². The monoisotopic (exact) mass is 267 g/mol. The molecule has 1 aliphatic rings. The Bertz CT molecular complexity index is 382. The van der Waals surface area contributed by atoms with Crippen LogP contribution < -0.4 is 5.32 Å². The molecule has 100 valence electrons. The van der Waals surface area contributed by atoms with Gasteiger partial charge in [0.25, 0.3) is 0 Å². The van der Waals surface area contributed by atoms with E-state index in [1.54, 1.807) is 7.11 Å². The molecule has 1 saturated carbocycles. The molecule has 1 fully saturated rings. The molecule has 1 aromatic rings. The van der Waals surface area contributed by atoms with Gasteiger partial charge in [-0.05, 0) is 50.3 Å². The Morgan fingerprint density at radius 3 is 2.44 bits per heavy atom. The van der Waals surface area contributed by atoms with Gasteiger partial charge in [0.15, 0.2) is 0 Å². The Kier molecular flexibility index (Phi) is 4.31. The molecule has 1 aromatic carbocycles. The molecule has 0 aliphatic heterocycles. The molecule has 0 radical (unpaired) electrons. The highest BCUT2D eigenvalue weighted by molar-refractivity contribution is 6.30. The summed E-state index contributed by atoms with van der Waals surface area (Å²) in [5.74, 6) is 0.686. The first-order chi connectivity index (χ1) is 8.50. The fraction of sp³-hybridized carbons (Fsp3) is 0.600. The Hall–Kier alpha value is -0.570. The van der Waals surface area contributed by atoms with Gasteiger partial charge in [-0.15, -0.1) is 0 Å². The van der Waals surface area contributed by atoms with E-state index < -0.39 is 0 Å². The van der Waals surface area contributed by atoms with Crippen LogP contribution in [0, 0.1) is 0 Å². The van der Waals surface area contributed by atoms with Crippen LogP contribution in [0.1, 0.15) is 38.2 Å². The molecule has 0 atom stereocenters.